The van der Waals surface area contributed by atoms with Crippen LogP contribution in [0.5, 0.6) is 17.2 Å². The second-order valence-electron chi connectivity index (χ2n) is 5.71. The van der Waals surface area contributed by atoms with Crippen LogP contribution >= 0.6 is 11.6 Å². The summed E-state index contributed by atoms with van der Waals surface area (Å²) in [4.78, 5) is 23.9. The quantitative estimate of drug-likeness (QED) is 0.762. The van der Waals surface area contributed by atoms with Crippen LogP contribution in [0.2, 0.25) is 5.02 Å². The molecule has 1 heterocycles. The van der Waals surface area contributed by atoms with Crippen molar-refractivity contribution < 1.29 is 28.5 Å². The van der Waals surface area contributed by atoms with Crippen LogP contribution in [0, 0.1) is 0 Å². The molecule has 1 N–H and O–H groups in total. The van der Waals surface area contributed by atoms with E-state index in [1.54, 1.807) is 36.4 Å². The minimum atomic E-state index is -0.519. The van der Waals surface area contributed by atoms with Crippen molar-refractivity contribution in [2.24, 2.45) is 0 Å². The molecular weight excluding hydrogens is 374 g/mol. The Hall–Kier alpha value is -2.93. The van der Waals surface area contributed by atoms with E-state index in [1.807, 2.05) is 0 Å². The number of halogens is 1. The first kappa shape index (κ1) is 18.8. The van der Waals surface area contributed by atoms with E-state index in [-0.39, 0.29) is 6.42 Å². The number of anilines is 1. The summed E-state index contributed by atoms with van der Waals surface area (Å²) in [5.74, 6) is 0.762. The van der Waals surface area contributed by atoms with Crippen molar-refractivity contribution in [1.29, 1.82) is 0 Å². The molecule has 1 aliphatic heterocycles. The number of benzene rings is 2. The molecule has 0 saturated carbocycles. The zero-order valence-electron chi connectivity index (χ0n) is 14.6. The summed E-state index contributed by atoms with van der Waals surface area (Å²) >= 11 is 6.00. The fourth-order valence-corrected chi connectivity index (χ4v) is 2.76. The molecule has 3 rings (SSSR count). The minimum absolute atomic E-state index is 0.0261. The molecule has 0 bridgehead atoms. The summed E-state index contributed by atoms with van der Waals surface area (Å²) in [5.41, 5.74) is 1.19. The van der Waals surface area contributed by atoms with Crippen LogP contribution in [0.15, 0.2) is 36.4 Å². The van der Waals surface area contributed by atoms with Crippen molar-refractivity contribution in [3.8, 4) is 17.2 Å². The summed E-state index contributed by atoms with van der Waals surface area (Å²) in [7, 11) is 1.50. The first-order valence-electron chi connectivity index (χ1n) is 8.22. The molecule has 0 fully saturated rings. The summed E-state index contributed by atoms with van der Waals surface area (Å²) in [5, 5.41) is 2.97. The highest BCUT2D eigenvalue weighted by molar-refractivity contribution is 6.32. The number of carbonyl (C=O) groups excluding carboxylic acids is 2. The molecule has 0 aliphatic carbocycles. The summed E-state index contributed by atoms with van der Waals surface area (Å²) in [6, 6.07) is 10.1. The highest BCUT2D eigenvalue weighted by Gasteiger charge is 2.14. The Balaban J connectivity index is 1.48. The van der Waals surface area contributed by atoms with Crippen molar-refractivity contribution in [1.82, 2.24) is 0 Å². The topological polar surface area (TPSA) is 83.1 Å². The smallest absolute Gasteiger partial charge is 0.310 e. The van der Waals surface area contributed by atoms with Crippen molar-refractivity contribution in [3.63, 3.8) is 0 Å². The zero-order valence-corrected chi connectivity index (χ0v) is 15.4. The lowest BCUT2D eigenvalue weighted by molar-refractivity contribution is -0.146. The van der Waals surface area contributed by atoms with E-state index in [9.17, 15) is 9.59 Å². The third-order valence-corrected chi connectivity index (χ3v) is 4.05. The monoisotopic (exact) mass is 391 g/mol. The number of carbonyl (C=O) groups is 2. The maximum absolute atomic E-state index is 12.0. The van der Waals surface area contributed by atoms with Crippen molar-refractivity contribution >= 4 is 29.2 Å². The van der Waals surface area contributed by atoms with Crippen molar-refractivity contribution in [2.75, 3.05) is 32.2 Å². The number of amides is 1. The van der Waals surface area contributed by atoms with Crippen molar-refractivity contribution in [2.45, 2.75) is 6.42 Å². The average Bonchev–Trinajstić information content (AvgIpc) is 2.66. The molecule has 0 spiro atoms. The van der Waals surface area contributed by atoms with Gasteiger partial charge in [-0.3, -0.25) is 9.59 Å². The van der Waals surface area contributed by atoms with Gasteiger partial charge in [0.1, 0.15) is 19.0 Å². The van der Waals surface area contributed by atoms with E-state index in [1.165, 1.54) is 7.11 Å². The van der Waals surface area contributed by atoms with Crippen LogP contribution in [-0.4, -0.2) is 38.8 Å². The molecule has 2 aromatic carbocycles. The number of fused-ring (bicyclic) bond motifs is 1. The van der Waals surface area contributed by atoms with Crippen molar-refractivity contribution in [3.05, 3.63) is 47.0 Å². The highest BCUT2D eigenvalue weighted by atomic mass is 35.5. The number of nitrogens with one attached hydrogen (secondary N) is 1. The molecule has 0 atom stereocenters. The van der Waals surface area contributed by atoms with Gasteiger partial charge in [-0.1, -0.05) is 17.7 Å². The predicted molar refractivity (Wildman–Crippen MR) is 98.7 cm³/mol. The normalized spacial score (nSPS) is 12.2. The molecule has 2 aromatic rings. The van der Waals surface area contributed by atoms with Crippen LogP contribution in [0.1, 0.15) is 5.56 Å². The van der Waals surface area contributed by atoms with E-state index < -0.39 is 18.5 Å². The Labute approximate surface area is 161 Å². The Morgan fingerprint density at radius 1 is 1.11 bits per heavy atom. The van der Waals surface area contributed by atoms with E-state index in [0.717, 1.165) is 0 Å². The third kappa shape index (κ3) is 5.04. The van der Waals surface area contributed by atoms with Crippen LogP contribution in [-0.2, 0) is 20.7 Å². The number of methoxy groups -OCH3 is 1. The van der Waals surface area contributed by atoms with Gasteiger partial charge >= 0.3 is 5.97 Å². The fourth-order valence-electron chi connectivity index (χ4n) is 2.50. The summed E-state index contributed by atoms with van der Waals surface area (Å²) < 4.78 is 21.0. The van der Waals surface area contributed by atoms with Crippen LogP contribution in [0.4, 0.5) is 5.69 Å². The maximum atomic E-state index is 12.0. The number of hydrogen-bond acceptors (Lipinski definition) is 6. The Bertz CT molecular complexity index is 854. The molecule has 0 unspecified atom stereocenters. The third-order valence-electron chi connectivity index (χ3n) is 3.75. The molecule has 7 nitrogen and oxygen atoms in total. The van der Waals surface area contributed by atoms with E-state index in [4.69, 9.17) is 30.5 Å². The summed E-state index contributed by atoms with van der Waals surface area (Å²) in [6.07, 6.45) is 0.0261. The van der Waals surface area contributed by atoms with Gasteiger partial charge in [0.2, 0.25) is 0 Å². The fraction of sp³-hybridized carbons (Fsp3) is 0.263. The van der Waals surface area contributed by atoms with Gasteiger partial charge in [0.15, 0.2) is 18.1 Å². The lowest BCUT2D eigenvalue weighted by Gasteiger charge is -2.18. The first-order chi connectivity index (χ1) is 13.0. The van der Waals surface area contributed by atoms with Gasteiger partial charge < -0.3 is 24.3 Å². The standard InChI is InChI=1S/C19H18ClNO6/c1-24-15-5-3-13(10-14(15)20)21-18(22)11-27-19(23)9-12-2-4-16-17(8-12)26-7-6-25-16/h2-5,8,10H,6-7,9,11H2,1H3,(H,21,22). The van der Waals surface area contributed by atoms with Gasteiger partial charge in [0, 0.05) is 5.69 Å². The van der Waals surface area contributed by atoms with Gasteiger partial charge in [0.25, 0.3) is 5.91 Å². The second-order valence-corrected chi connectivity index (χ2v) is 6.12. The molecule has 8 heteroatoms. The van der Waals surface area contributed by atoms with Gasteiger partial charge in [-0.2, -0.15) is 0 Å². The van der Waals surface area contributed by atoms with Gasteiger partial charge in [-0.25, -0.2) is 0 Å². The average molecular weight is 392 g/mol. The molecule has 1 amide bonds. The van der Waals surface area contributed by atoms with Crippen LogP contribution in [0.3, 0.4) is 0 Å². The number of esters is 1. The van der Waals surface area contributed by atoms with E-state index in [0.29, 0.717) is 46.7 Å². The van der Waals surface area contributed by atoms with Crippen LogP contribution in [0.25, 0.3) is 0 Å². The molecule has 1 aliphatic rings. The molecule has 27 heavy (non-hydrogen) atoms. The predicted octanol–water partition coefficient (Wildman–Crippen LogP) is 2.84. The first-order valence-corrected chi connectivity index (χ1v) is 8.60. The summed E-state index contributed by atoms with van der Waals surface area (Å²) in [6.45, 7) is 0.576. The van der Waals surface area contributed by atoms with E-state index >= 15 is 0 Å². The zero-order chi connectivity index (χ0) is 19.2. The Morgan fingerprint density at radius 3 is 2.63 bits per heavy atom. The molecule has 142 valence electrons. The van der Waals surface area contributed by atoms with Gasteiger partial charge in [0.05, 0.1) is 18.6 Å². The molecule has 0 aromatic heterocycles. The highest BCUT2D eigenvalue weighted by Crippen LogP contribution is 2.31. The number of ether oxygens (including phenoxy) is 4. The lowest BCUT2D eigenvalue weighted by atomic mass is 10.1. The van der Waals surface area contributed by atoms with E-state index in [2.05, 4.69) is 5.32 Å². The largest absolute Gasteiger partial charge is 0.495 e. The van der Waals surface area contributed by atoms with Gasteiger partial charge in [-0.05, 0) is 35.9 Å². The maximum Gasteiger partial charge on any atom is 0.310 e. The van der Waals surface area contributed by atoms with Crippen LogP contribution < -0.4 is 19.5 Å². The Morgan fingerprint density at radius 2 is 1.89 bits per heavy atom. The second kappa shape index (κ2) is 8.64. The molecule has 0 radical (unpaired) electrons. The minimum Gasteiger partial charge on any atom is -0.495 e. The molecule has 0 saturated heterocycles. The molecular formula is C19H18ClNO6. The lowest BCUT2D eigenvalue weighted by Crippen LogP contribution is -2.21. The Kier molecular flexibility index (Phi) is 6.03. The number of rotatable bonds is 6. The number of hydrogen-bond donors (Lipinski definition) is 1. The van der Waals surface area contributed by atoms with Gasteiger partial charge in [-0.15, -0.1) is 0 Å². The SMILES string of the molecule is COc1ccc(NC(=O)COC(=O)Cc2ccc3c(c2)OCCO3)cc1Cl.